The fraction of sp³-hybridized carbons (Fsp3) is 1.00. The average Bonchev–Trinajstić information content (AvgIpc) is 1.96. The minimum atomic E-state index is 1.47. The molecule has 8 heavy (non-hydrogen) atoms. The van der Waals surface area contributed by atoms with Crippen LogP contribution in [0, 0.1) is 0 Å². The Morgan fingerprint density at radius 3 is 0.875 bits per heavy atom. The Kier molecular flexibility index (Phi) is 7.55. The van der Waals surface area contributed by atoms with Crippen LogP contribution in [0.25, 0.3) is 0 Å². The standard InChI is InChI=1S/C6H12.CH3Cl/c1-2-4-6-5-3-1;1-2/h1-6H2;1H3. The monoisotopic (exact) mass is 134 g/mol. The van der Waals surface area contributed by atoms with E-state index in [0.717, 1.165) is 0 Å². The van der Waals surface area contributed by atoms with Gasteiger partial charge in [-0.2, -0.15) is 0 Å². The molecular formula is C7H15Cl. The summed E-state index contributed by atoms with van der Waals surface area (Å²) in [6, 6.07) is 0. The molecule has 1 aliphatic carbocycles. The molecule has 0 unspecified atom stereocenters. The number of hydrogen-bond donors (Lipinski definition) is 0. The molecule has 1 aliphatic rings. The van der Waals surface area contributed by atoms with Crippen molar-refractivity contribution < 1.29 is 0 Å². The Labute approximate surface area is 57.2 Å². The molecule has 0 radical (unpaired) electrons. The molecule has 1 heteroatoms. The summed E-state index contributed by atoms with van der Waals surface area (Å²) in [5.74, 6) is 0. The number of alkyl halides is 1. The fourth-order valence-corrected chi connectivity index (χ4v) is 1.06. The van der Waals surface area contributed by atoms with E-state index in [9.17, 15) is 0 Å². The maximum absolute atomic E-state index is 4.64. The molecule has 0 amide bonds. The summed E-state index contributed by atoms with van der Waals surface area (Å²) in [4.78, 5) is 0. The van der Waals surface area contributed by atoms with Gasteiger partial charge in [0.2, 0.25) is 0 Å². The highest BCUT2D eigenvalue weighted by molar-refractivity contribution is 6.15. The van der Waals surface area contributed by atoms with Gasteiger partial charge in [0.15, 0.2) is 0 Å². The molecule has 0 aliphatic heterocycles. The molecule has 0 nitrogen and oxygen atoms in total. The first kappa shape index (κ1) is 8.29. The zero-order valence-electron chi connectivity index (χ0n) is 5.62. The second-order valence-electron chi connectivity index (χ2n) is 2.12. The molecule has 50 valence electrons. The molecule has 1 fully saturated rings. The summed E-state index contributed by atoms with van der Waals surface area (Å²) in [5, 5.41) is 0. The summed E-state index contributed by atoms with van der Waals surface area (Å²) in [5.41, 5.74) is 0. The van der Waals surface area contributed by atoms with E-state index in [1.165, 1.54) is 44.9 Å². The first-order valence-corrected chi connectivity index (χ1v) is 4.13. The van der Waals surface area contributed by atoms with Crippen LogP contribution in [0.2, 0.25) is 0 Å². The molecule has 0 atom stereocenters. The molecule has 0 N–H and O–H groups in total. The van der Waals surface area contributed by atoms with Crippen molar-refractivity contribution in [2.45, 2.75) is 38.5 Å². The van der Waals surface area contributed by atoms with Crippen LogP contribution in [0.4, 0.5) is 0 Å². The maximum atomic E-state index is 4.64. The zero-order chi connectivity index (χ0) is 6.24. The molecule has 0 aromatic carbocycles. The van der Waals surface area contributed by atoms with Gasteiger partial charge >= 0.3 is 0 Å². The average molecular weight is 135 g/mol. The van der Waals surface area contributed by atoms with Crippen LogP contribution in [0.1, 0.15) is 38.5 Å². The summed E-state index contributed by atoms with van der Waals surface area (Å²) < 4.78 is 0. The van der Waals surface area contributed by atoms with Crippen molar-refractivity contribution in [2.24, 2.45) is 0 Å². The maximum Gasteiger partial charge on any atom is 0.0108 e. The molecule has 1 rings (SSSR count). The van der Waals surface area contributed by atoms with E-state index in [0.29, 0.717) is 0 Å². The minimum Gasteiger partial charge on any atom is -0.130 e. The smallest absolute Gasteiger partial charge is 0.0108 e. The lowest BCUT2D eigenvalue weighted by Crippen LogP contribution is -1.85. The van der Waals surface area contributed by atoms with E-state index >= 15 is 0 Å². The third-order valence-electron chi connectivity index (χ3n) is 1.50. The van der Waals surface area contributed by atoms with Crippen LogP contribution in [0.5, 0.6) is 0 Å². The number of rotatable bonds is 0. The number of hydrogen-bond acceptors (Lipinski definition) is 0. The van der Waals surface area contributed by atoms with E-state index in [1.807, 2.05) is 0 Å². The molecule has 0 heterocycles. The van der Waals surface area contributed by atoms with Gasteiger partial charge in [-0.15, -0.1) is 11.6 Å². The van der Waals surface area contributed by atoms with Gasteiger partial charge in [0.05, 0.1) is 0 Å². The lowest BCUT2D eigenvalue weighted by Gasteiger charge is -2.05. The Morgan fingerprint density at radius 2 is 0.750 bits per heavy atom. The third-order valence-corrected chi connectivity index (χ3v) is 1.50. The second-order valence-corrected chi connectivity index (χ2v) is 2.12. The number of halogens is 1. The van der Waals surface area contributed by atoms with Gasteiger partial charge in [0.1, 0.15) is 0 Å². The van der Waals surface area contributed by atoms with Crippen molar-refractivity contribution in [1.82, 2.24) is 0 Å². The highest BCUT2D eigenvalue weighted by atomic mass is 35.5. The van der Waals surface area contributed by atoms with Crippen molar-refractivity contribution in [3.8, 4) is 0 Å². The van der Waals surface area contributed by atoms with E-state index in [1.54, 1.807) is 0 Å². The first-order chi connectivity index (χ1) is 4.00. The molecular weight excluding hydrogens is 120 g/mol. The van der Waals surface area contributed by atoms with Crippen LogP contribution >= 0.6 is 11.6 Å². The van der Waals surface area contributed by atoms with Crippen LogP contribution in [0.15, 0.2) is 0 Å². The summed E-state index contributed by atoms with van der Waals surface area (Å²) >= 11 is 4.64. The molecule has 0 aromatic heterocycles. The molecule has 0 bridgehead atoms. The van der Waals surface area contributed by atoms with Crippen LogP contribution < -0.4 is 0 Å². The Hall–Kier alpha value is 0.290. The van der Waals surface area contributed by atoms with Crippen LogP contribution in [-0.2, 0) is 0 Å². The second kappa shape index (κ2) is 7.29. The molecule has 0 aromatic rings. The van der Waals surface area contributed by atoms with E-state index in [4.69, 9.17) is 0 Å². The largest absolute Gasteiger partial charge is 0.130 e. The van der Waals surface area contributed by atoms with Gasteiger partial charge in [0.25, 0.3) is 0 Å². The fourth-order valence-electron chi connectivity index (χ4n) is 1.06. The van der Waals surface area contributed by atoms with Gasteiger partial charge in [-0.3, -0.25) is 0 Å². The topological polar surface area (TPSA) is 0 Å². The minimum absolute atomic E-state index is 1.47. The Bertz CT molecular complexity index is 19.9. The molecule has 1 saturated carbocycles. The van der Waals surface area contributed by atoms with E-state index < -0.39 is 0 Å². The van der Waals surface area contributed by atoms with Crippen LogP contribution in [0.3, 0.4) is 0 Å². The van der Waals surface area contributed by atoms with Crippen molar-refractivity contribution in [3.63, 3.8) is 0 Å². The van der Waals surface area contributed by atoms with E-state index in [2.05, 4.69) is 11.6 Å². The summed E-state index contributed by atoms with van der Waals surface area (Å²) in [6.45, 7) is 0. The third kappa shape index (κ3) is 4.45. The van der Waals surface area contributed by atoms with Crippen molar-refractivity contribution in [1.29, 1.82) is 0 Å². The lowest BCUT2D eigenvalue weighted by atomic mass is 10.0. The predicted molar refractivity (Wildman–Crippen MR) is 39.5 cm³/mol. The van der Waals surface area contributed by atoms with Crippen molar-refractivity contribution in [2.75, 3.05) is 6.38 Å². The quantitative estimate of drug-likeness (QED) is 0.447. The van der Waals surface area contributed by atoms with Gasteiger partial charge in [-0.25, -0.2) is 0 Å². The van der Waals surface area contributed by atoms with E-state index in [-0.39, 0.29) is 0 Å². The lowest BCUT2D eigenvalue weighted by molar-refractivity contribution is 0.504. The Morgan fingerprint density at radius 1 is 0.625 bits per heavy atom. The van der Waals surface area contributed by atoms with Gasteiger partial charge < -0.3 is 0 Å². The van der Waals surface area contributed by atoms with Gasteiger partial charge in [0, 0.05) is 6.38 Å². The molecule has 0 spiro atoms. The zero-order valence-corrected chi connectivity index (χ0v) is 6.38. The molecule has 0 saturated heterocycles. The summed E-state index contributed by atoms with van der Waals surface area (Å²) in [7, 11) is 0. The van der Waals surface area contributed by atoms with Gasteiger partial charge in [-0.05, 0) is 0 Å². The summed E-state index contributed by atoms with van der Waals surface area (Å²) in [6.07, 6.45) is 10.5. The predicted octanol–water partition coefficient (Wildman–Crippen LogP) is 3.20. The highest BCUT2D eigenvalue weighted by Gasteiger charge is 1.95. The van der Waals surface area contributed by atoms with Crippen LogP contribution in [-0.4, -0.2) is 6.38 Å². The Balaban J connectivity index is 0.000000222. The normalized spacial score (nSPS) is 18.8. The van der Waals surface area contributed by atoms with Gasteiger partial charge in [-0.1, -0.05) is 38.5 Å². The van der Waals surface area contributed by atoms with Crippen molar-refractivity contribution >= 4 is 11.6 Å². The first-order valence-electron chi connectivity index (χ1n) is 3.38. The van der Waals surface area contributed by atoms with Crippen molar-refractivity contribution in [3.05, 3.63) is 0 Å². The highest BCUT2D eigenvalue weighted by Crippen LogP contribution is 2.15. The SMILES string of the molecule is C1CCCCC1.CCl.